The fourth-order valence-electron chi connectivity index (χ4n) is 4.12. The maximum absolute atomic E-state index is 13.4. The Morgan fingerprint density at radius 1 is 1.15 bits per heavy atom. The van der Waals surface area contributed by atoms with E-state index in [1.54, 1.807) is 61.5 Å². The van der Waals surface area contributed by atoms with Gasteiger partial charge in [-0.2, -0.15) is 0 Å². The van der Waals surface area contributed by atoms with E-state index in [4.69, 9.17) is 14.2 Å². The van der Waals surface area contributed by atoms with Gasteiger partial charge < -0.3 is 19.3 Å². The number of carbonyl (C=O) groups excluding carboxylic acids is 3. The van der Waals surface area contributed by atoms with Crippen LogP contribution in [0.2, 0.25) is 0 Å². The standard InChI is InChI=1S/C29H28N2O7S/c1-5-14-37-20-12-10-18(11-13-20)23-22(24(32)19-8-7-9-21(16-19)38-15-6-2)25(33)27(34)31(23)29-30-17(3)26(39-29)28(35)36-4/h5,7-13,16,23,32H,1,6,14-15H2,2-4H3. The van der Waals surface area contributed by atoms with Crippen LogP contribution in [0.3, 0.4) is 0 Å². The summed E-state index contributed by atoms with van der Waals surface area (Å²) < 4.78 is 16.1. The monoisotopic (exact) mass is 548 g/mol. The van der Waals surface area contributed by atoms with Gasteiger partial charge in [0.2, 0.25) is 0 Å². The molecule has 1 aliphatic heterocycles. The summed E-state index contributed by atoms with van der Waals surface area (Å²) in [7, 11) is 1.25. The molecule has 1 saturated heterocycles. The summed E-state index contributed by atoms with van der Waals surface area (Å²) in [5.41, 5.74) is 1.10. The van der Waals surface area contributed by atoms with Gasteiger partial charge in [-0.3, -0.25) is 14.5 Å². The number of thiazole rings is 1. The summed E-state index contributed by atoms with van der Waals surface area (Å²) in [6.45, 7) is 8.03. The molecule has 39 heavy (non-hydrogen) atoms. The molecule has 2 aromatic carbocycles. The fourth-order valence-corrected chi connectivity index (χ4v) is 5.13. The minimum atomic E-state index is -1.02. The van der Waals surface area contributed by atoms with Gasteiger partial charge in [0, 0.05) is 5.56 Å². The predicted molar refractivity (Wildman–Crippen MR) is 147 cm³/mol. The van der Waals surface area contributed by atoms with Gasteiger partial charge in [-0.1, -0.05) is 55.2 Å². The molecule has 0 aliphatic carbocycles. The van der Waals surface area contributed by atoms with Gasteiger partial charge in [-0.05, 0) is 43.2 Å². The molecule has 4 rings (SSSR count). The van der Waals surface area contributed by atoms with E-state index in [1.165, 1.54) is 12.0 Å². The maximum Gasteiger partial charge on any atom is 0.350 e. The molecule has 0 radical (unpaired) electrons. The number of amides is 1. The van der Waals surface area contributed by atoms with Crippen LogP contribution in [0.4, 0.5) is 5.13 Å². The number of aliphatic hydroxyl groups excluding tert-OH is 1. The van der Waals surface area contributed by atoms with Crippen molar-refractivity contribution in [2.45, 2.75) is 26.3 Å². The molecule has 1 unspecified atom stereocenters. The van der Waals surface area contributed by atoms with Crippen LogP contribution in [0.25, 0.3) is 5.76 Å². The second-order valence-corrected chi connectivity index (χ2v) is 9.59. The molecule has 1 fully saturated rings. The molecule has 2 heterocycles. The lowest BCUT2D eigenvalue weighted by Crippen LogP contribution is -2.29. The van der Waals surface area contributed by atoms with Crippen molar-refractivity contribution >= 4 is 39.9 Å². The number of hydrogen-bond donors (Lipinski definition) is 1. The summed E-state index contributed by atoms with van der Waals surface area (Å²) in [6, 6.07) is 12.5. The number of esters is 1. The number of carbonyl (C=O) groups is 3. The van der Waals surface area contributed by atoms with E-state index in [1.807, 2.05) is 6.92 Å². The fraction of sp³-hybridized carbons (Fsp3) is 0.241. The van der Waals surface area contributed by atoms with Crippen molar-refractivity contribution in [2.75, 3.05) is 25.2 Å². The number of Topliss-reactive ketones (excluding diaryl/α,β-unsaturated/α-hetero) is 1. The Kier molecular flexibility index (Phi) is 8.46. The van der Waals surface area contributed by atoms with Crippen molar-refractivity contribution < 1.29 is 33.7 Å². The minimum absolute atomic E-state index is 0.111. The van der Waals surface area contributed by atoms with Crippen LogP contribution in [-0.2, 0) is 14.3 Å². The average molecular weight is 549 g/mol. The molecule has 10 heteroatoms. The first-order chi connectivity index (χ1) is 18.8. The lowest BCUT2D eigenvalue weighted by molar-refractivity contribution is -0.132. The lowest BCUT2D eigenvalue weighted by Gasteiger charge is -2.23. The molecule has 0 saturated carbocycles. The van der Waals surface area contributed by atoms with Gasteiger partial charge in [0.1, 0.15) is 28.7 Å². The number of benzene rings is 2. The second kappa shape index (κ2) is 12.0. The largest absolute Gasteiger partial charge is 0.507 e. The van der Waals surface area contributed by atoms with E-state index in [-0.39, 0.29) is 21.3 Å². The minimum Gasteiger partial charge on any atom is -0.507 e. The van der Waals surface area contributed by atoms with Crippen LogP contribution < -0.4 is 14.4 Å². The highest BCUT2D eigenvalue weighted by atomic mass is 32.1. The molecule has 3 aromatic rings. The number of aromatic nitrogens is 1. The molecule has 1 atom stereocenters. The first-order valence-electron chi connectivity index (χ1n) is 12.2. The Labute approximate surface area is 230 Å². The maximum atomic E-state index is 13.4. The topological polar surface area (TPSA) is 115 Å². The van der Waals surface area contributed by atoms with E-state index in [9.17, 15) is 19.5 Å². The highest BCUT2D eigenvalue weighted by Crippen LogP contribution is 2.44. The SMILES string of the molecule is C=CCOc1ccc(C2C(=C(O)c3cccc(OCCC)c3)C(=O)C(=O)N2c2nc(C)c(C(=O)OC)s2)cc1. The Balaban J connectivity index is 1.87. The number of ketones is 1. The smallest absolute Gasteiger partial charge is 0.350 e. The van der Waals surface area contributed by atoms with E-state index in [0.717, 1.165) is 17.8 Å². The number of rotatable bonds is 10. The number of aliphatic hydroxyl groups is 1. The van der Waals surface area contributed by atoms with Gasteiger partial charge in [-0.25, -0.2) is 9.78 Å². The Hall–Kier alpha value is -4.44. The Morgan fingerprint density at radius 3 is 2.56 bits per heavy atom. The predicted octanol–water partition coefficient (Wildman–Crippen LogP) is 5.22. The Morgan fingerprint density at radius 2 is 1.90 bits per heavy atom. The van der Waals surface area contributed by atoms with Gasteiger partial charge in [0.25, 0.3) is 5.78 Å². The molecule has 9 nitrogen and oxygen atoms in total. The third-order valence-electron chi connectivity index (χ3n) is 5.95. The first-order valence-corrected chi connectivity index (χ1v) is 13.1. The summed E-state index contributed by atoms with van der Waals surface area (Å²) in [4.78, 5) is 44.9. The van der Waals surface area contributed by atoms with E-state index >= 15 is 0 Å². The molecule has 0 spiro atoms. The lowest BCUT2D eigenvalue weighted by atomic mass is 9.95. The summed E-state index contributed by atoms with van der Waals surface area (Å²) in [5.74, 6) is -1.62. The number of hydrogen-bond acceptors (Lipinski definition) is 9. The Bertz CT molecular complexity index is 1440. The normalized spacial score (nSPS) is 16.3. The van der Waals surface area contributed by atoms with Crippen LogP contribution in [0.1, 0.15) is 45.9 Å². The van der Waals surface area contributed by atoms with Gasteiger partial charge >= 0.3 is 11.9 Å². The van der Waals surface area contributed by atoms with Crippen LogP contribution in [0, 0.1) is 6.92 Å². The number of methoxy groups -OCH3 is 1. The van der Waals surface area contributed by atoms with Crippen molar-refractivity contribution in [2.24, 2.45) is 0 Å². The van der Waals surface area contributed by atoms with Crippen LogP contribution in [0.15, 0.2) is 66.8 Å². The highest BCUT2D eigenvalue weighted by molar-refractivity contribution is 7.17. The number of ether oxygens (including phenoxy) is 3. The van der Waals surface area contributed by atoms with Crippen LogP contribution in [-0.4, -0.2) is 48.1 Å². The molecular weight excluding hydrogens is 520 g/mol. The molecule has 202 valence electrons. The average Bonchev–Trinajstić information content (AvgIpc) is 3.46. The van der Waals surface area contributed by atoms with Crippen molar-refractivity contribution in [3.63, 3.8) is 0 Å². The van der Waals surface area contributed by atoms with E-state index in [2.05, 4.69) is 11.6 Å². The summed E-state index contributed by atoms with van der Waals surface area (Å²) in [6.07, 6.45) is 2.42. The molecule has 1 aromatic heterocycles. The van der Waals surface area contributed by atoms with Crippen molar-refractivity contribution in [1.82, 2.24) is 4.98 Å². The van der Waals surface area contributed by atoms with Crippen molar-refractivity contribution in [3.8, 4) is 11.5 Å². The molecule has 1 amide bonds. The van der Waals surface area contributed by atoms with Crippen molar-refractivity contribution in [3.05, 3.63) is 88.5 Å². The van der Waals surface area contributed by atoms with Gasteiger partial charge in [-0.15, -0.1) is 0 Å². The molecular formula is C29H28N2O7S. The van der Waals surface area contributed by atoms with Crippen LogP contribution >= 0.6 is 11.3 Å². The third kappa shape index (κ3) is 5.56. The molecule has 1 aliphatic rings. The zero-order chi connectivity index (χ0) is 28.1. The van der Waals surface area contributed by atoms with E-state index in [0.29, 0.717) is 41.5 Å². The molecule has 1 N–H and O–H groups in total. The van der Waals surface area contributed by atoms with Gasteiger partial charge in [0.05, 0.1) is 31.0 Å². The zero-order valence-corrected chi connectivity index (χ0v) is 22.6. The zero-order valence-electron chi connectivity index (χ0n) is 21.8. The number of nitrogens with zero attached hydrogens (tertiary/aromatic N) is 2. The first kappa shape index (κ1) is 27.6. The van der Waals surface area contributed by atoms with Crippen molar-refractivity contribution in [1.29, 1.82) is 0 Å². The quantitative estimate of drug-likeness (QED) is 0.121. The summed E-state index contributed by atoms with van der Waals surface area (Å²) in [5, 5.41) is 11.5. The third-order valence-corrected chi connectivity index (χ3v) is 7.09. The molecule has 0 bridgehead atoms. The summed E-state index contributed by atoms with van der Waals surface area (Å²) >= 11 is 0.936. The van der Waals surface area contributed by atoms with E-state index < -0.39 is 23.7 Å². The highest BCUT2D eigenvalue weighted by Gasteiger charge is 2.48. The van der Waals surface area contributed by atoms with Gasteiger partial charge in [0.15, 0.2) is 5.13 Å². The second-order valence-electron chi connectivity index (χ2n) is 8.62. The number of aryl methyl sites for hydroxylation is 1. The van der Waals surface area contributed by atoms with Crippen LogP contribution in [0.5, 0.6) is 11.5 Å². The number of anilines is 1.